The van der Waals surface area contributed by atoms with Gasteiger partial charge >= 0.3 is 6.03 Å². The number of nitrogens with zero attached hydrogens (tertiary/aromatic N) is 3. The number of aryl methyl sites for hydroxylation is 2. The summed E-state index contributed by atoms with van der Waals surface area (Å²) in [5, 5.41) is 7.26. The summed E-state index contributed by atoms with van der Waals surface area (Å²) in [5.41, 5.74) is 5.84. The molecule has 1 unspecified atom stereocenters. The van der Waals surface area contributed by atoms with E-state index in [1.54, 1.807) is 17.0 Å². The van der Waals surface area contributed by atoms with Crippen LogP contribution in [0.25, 0.3) is 17.0 Å². The van der Waals surface area contributed by atoms with Gasteiger partial charge in [-0.15, -0.1) is 0 Å². The molecule has 1 aromatic heterocycles. The summed E-state index contributed by atoms with van der Waals surface area (Å²) in [5.74, 6) is 0.402. The number of rotatable bonds is 5. The van der Waals surface area contributed by atoms with Gasteiger partial charge in [0.2, 0.25) is 5.82 Å². The zero-order valence-electron chi connectivity index (χ0n) is 19.7. The van der Waals surface area contributed by atoms with Crippen LogP contribution in [0.1, 0.15) is 42.5 Å². The van der Waals surface area contributed by atoms with E-state index in [0.29, 0.717) is 28.5 Å². The van der Waals surface area contributed by atoms with Crippen LogP contribution in [0.15, 0.2) is 83.0 Å². The second-order valence-electron chi connectivity index (χ2n) is 8.58. The van der Waals surface area contributed by atoms with Gasteiger partial charge in [0.05, 0.1) is 17.3 Å². The maximum Gasteiger partial charge on any atom is 0.326 e. The number of carbonyl (C=O) groups is 1. The van der Waals surface area contributed by atoms with Crippen molar-refractivity contribution >= 4 is 17.3 Å². The van der Waals surface area contributed by atoms with Crippen molar-refractivity contribution in [2.24, 2.45) is 0 Å². The predicted molar refractivity (Wildman–Crippen MR) is 133 cm³/mol. The molecule has 1 aliphatic heterocycles. The molecule has 0 saturated carbocycles. The van der Waals surface area contributed by atoms with Gasteiger partial charge in [0.15, 0.2) is 0 Å². The van der Waals surface area contributed by atoms with Gasteiger partial charge in [-0.05, 0) is 61.2 Å². The first-order valence-electron chi connectivity index (χ1n) is 11.5. The average Bonchev–Trinajstić information content (AvgIpc) is 3.34. The summed E-state index contributed by atoms with van der Waals surface area (Å²) in [6, 6.07) is 20.9. The number of aromatic nitrogens is 2. The van der Waals surface area contributed by atoms with Crippen molar-refractivity contribution in [1.82, 2.24) is 15.5 Å². The fraction of sp³-hybridized carbons (Fsp3) is 0.179. The molecular weight excluding hydrogens is 443 g/mol. The standard InChI is InChI=1S/C28H25FN4O2/c1-4-19-8-10-21(11-9-19)26-31-27(35-32-26)24-18(3)33(23-7-5-6-17(2)16-23)28(34)30-25(24)20-12-14-22(29)15-13-20/h5-16,25H,4H2,1-3H3,(H,30,34). The highest BCUT2D eigenvalue weighted by atomic mass is 19.1. The number of halogens is 1. The highest BCUT2D eigenvalue weighted by molar-refractivity contribution is 6.01. The van der Waals surface area contributed by atoms with Crippen LogP contribution in [0.3, 0.4) is 0 Å². The molecule has 1 atom stereocenters. The number of nitrogens with one attached hydrogen (secondary N) is 1. The first-order chi connectivity index (χ1) is 16.9. The average molecular weight is 469 g/mol. The Hall–Kier alpha value is -4.26. The molecule has 1 N–H and O–H groups in total. The Kier molecular flexibility index (Phi) is 5.91. The summed E-state index contributed by atoms with van der Waals surface area (Å²) < 4.78 is 19.4. The lowest BCUT2D eigenvalue weighted by Gasteiger charge is -2.35. The smallest absolute Gasteiger partial charge is 0.326 e. The van der Waals surface area contributed by atoms with Gasteiger partial charge in [-0.2, -0.15) is 4.98 Å². The number of carbonyl (C=O) groups excluding carboxylic acids is 1. The minimum atomic E-state index is -0.583. The number of amides is 2. The lowest BCUT2D eigenvalue weighted by atomic mass is 9.94. The zero-order valence-corrected chi connectivity index (χ0v) is 19.7. The van der Waals surface area contributed by atoms with Crippen LogP contribution in [0.2, 0.25) is 0 Å². The Bertz CT molecular complexity index is 1410. The molecule has 0 aliphatic carbocycles. The van der Waals surface area contributed by atoms with Gasteiger partial charge in [0.1, 0.15) is 5.82 Å². The van der Waals surface area contributed by atoms with Gasteiger partial charge < -0.3 is 9.84 Å². The molecule has 2 heterocycles. The first-order valence-corrected chi connectivity index (χ1v) is 11.5. The number of allylic oxidation sites excluding steroid dienone is 1. The minimum Gasteiger partial charge on any atom is -0.334 e. The molecule has 0 fully saturated rings. The molecular formula is C28H25FN4O2. The Morgan fingerprint density at radius 3 is 2.46 bits per heavy atom. The molecule has 3 aromatic carbocycles. The van der Waals surface area contributed by atoms with Gasteiger partial charge in [-0.3, -0.25) is 4.90 Å². The van der Waals surface area contributed by atoms with E-state index in [1.165, 1.54) is 17.7 Å². The van der Waals surface area contributed by atoms with E-state index in [-0.39, 0.29) is 11.8 Å². The first kappa shape index (κ1) is 22.5. The van der Waals surface area contributed by atoms with E-state index in [1.807, 2.05) is 62.4 Å². The highest BCUT2D eigenvalue weighted by Crippen LogP contribution is 2.39. The van der Waals surface area contributed by atoms with Gasteiger partial charge in [-0.1, -0.05) is 60.6 Å². The molecule has 7 heteroatoms. The van der Waals surface area contributed by atoms with Crippen LogP contribution < -0.4 is 10.2 Å². The Balaban J connectivity index is 1.63. The van der Waals surface area contributed by atoms with Gasteiger partial charge in [-0.25, -0.2) is 9.18 Å². The van der Waals surface area contributed by atoms with Crippen LogP contribution in [-0.2, 0) is 6.42 Å². The molecule has 0 spiro atoms. The van der Waals surface area contributed by atoms with Gasteiger partial charge in [0, 0.05) is 11.3 Å². The summed E-state index contributed by atoms with van der Waals surface area (Å²) in [4.78, 5) is 19.6. The molecule has 35 heavy (non-hydrogen) atoms. The molecule has 6 nitrogen and oxygen atoms in total. The van der Waals surface area contributed by atoms with Crippen molar-refractivity contribution in [2.75, 3.05) is 4.90 Å². The third-order valence-electron chi connectivity index (χ3n) is 6.22. The van der Waals surface area contributed by atoms with Crippen LogP contribution >= 0.6 is 0 Å². The SMILES string of the molecule is CCc1ccc(-c2noc(C3=C(C)N(c4cccc(C)c4)C(=O)NC3c3ccc(F)cc3)n2)cc1. The minimum absolute atomic E-state index is 0.291. The number of hydrogen-bond acceptors (Lipinski definition) is 4. The largest absolute Gasteiger partial charge is 0.334 e. The molecule has 1 aliphatic rings. The van der Waals surface area contributed by atoms with E-state index in [4.69, 9.17) is 4.52 Å². The predicted octanol–water partition coefficient (Wildman–Crippen LogP) is 6.45. The summed E-state index contributed by atoms with van der Waals surface area (Å²) in [6.07, 6.45) is 0.942. The molecule has 4 aromatic rings. The maximum atomic E-state index is 13.6. The van der Waals surface area contributed by atoms with E-state index in [2.05, 4.69) is 22.4 Å². The molecule has 0 bridgehead atoms. The second kappa shape index (κ2) is 9.18. The van der Waals surface area contributed by atoms with Crippen LogP contribution in [-0.4, -0.2) is 16.2 Å². The monoisotopic (exact) mass is 468 g/mol. The normalized spacial score (nSPS) is 15.9. The third kappa shape index (κ3) is 4.33. The van der Waals surface area contributed by atoms with Crippen molar-refractivity contribution in [3.63, 3.8) is 0 Å². The number of hydrogen-bond donors (Lipinski definition) is 1. The Labute approximate surface area is 203 Å². The fourth-order valence-corrected chi connectivity index (χ4v) is 4.34. The van der Waals surface area contributed by atoms with Gasteiger partial charge in [0.25, 0.3) is 5.89 Å². The molecule has 0 saturated heterocycles. The summed E-state index contributed by atoms with van der Waals surface area (Å²) in [6.45, 7) is 5.93. The number of anilines is 1. The van der Waals surface area contributed by atoms with Crippen molar-refractivity contribution in [3.8, 4) is 11.4 Å². The quantitative estimate of drug-likeness (QED) is 0.365. The lowest BCUT2D eigenvalue weighted by molar-refractivity contribution is 0.244. The van der Waals surface area contributed by atoms with Crippen LogP contribution in [0.4, 0.5) is 14.9 Å². The molecule has 2 amide bonds. The second-order valence-corrected chi connectivity index (χ2v) is 8.58. The van der Waals surface area contributed by atoms with Crippen LogP contribution in [0, 0.1) is 12.7 Å². The molecule has 5 rings (SSSR count). The van der Waals surface area contributed by atoms with Crippen molar-refractivity contribution in [2.45, 2.75) is 33.2 Å². The number of urea groups is 1. The van der Waals surface area contributed by atoms with E-state index < -0.39 is 6.04 Å². The summed E-state index contributed by atoms with van der Waals surface area (Å²) >= 11 is 0. The van der Waals surface area contributed by atoms with Crippen molar-refractivity contribution < 1.29 is 13.7 Å². The molecule has 0 radical (unpaired) electrons. The fourth-order valence-electron chi connectivity index (χ4n) is 4.34. The number of benzene rings is 3. The van der Waals surface area contributed by atoms with E-state index in [9.17, 15) is 9.18 Å². The zero-order chi connectivity index (χ0) is 24.5. The van der Waals surface area contributed by atoms with E-state index in [0.717, 1.165) is 23.2 Å². The lowest BCUT2D eigenvalue weighted by Crippen LogP contribution is -2.46. The maximum absolute atomic E-state index is 13.6. The Morgan fingerprint density at radius 2 is 1.77 bits per heavy atom. The van der Waals surface area contributed by atoms with Crippen molar-refractivity contribution in [1.29, 1.82) is 0 Å². The molecule has 176 valence electrons. The Morgan fingerprint density at radius 1 is 1.03 bits per heavy atom. The van der Waals surface area contributed by atoms with E-state index >= 15 is 0 Å². The third-order valence-corrected chi connectivity index (χ3v) is 6.22. The highest BCUT2D eigenvalue weighted by Gasteiger charge is 2.36. The summed E-state index contributed by atoms with van der Waals surface area (Å²) in [7, 11) is 0. The topological polar surface area (TPSA) is 71.3 Å². The van der Waals surface area contributed by atoms with Crippen molar-refractivity contribution in [3.05, 3.63) is 107 Å². The van der Waals surface area contributed by atoms with Crippen LogP contribution in [0.5, 0.6) is 0 Å².